The Morgan fingerprint density at radius 2 is 2.04 bits per heavy atom. The van der Waals surface area contributed by atoms with Crippen molar-refractivity contribution < 1.29 is 9.53 Å². The Bertz CT molecular complexity index is 880. The molecule has 146 valence electrons. The Morgan fingerprint density at radius 1 is 1.18 bits per heavy atom. The van der Waals surface area contributed by atoms with Crippen LogP contribution in [-0.4, -0.2) is 49.6 Å². The minimum Gasteiger partial charge on any atom is -0.494 e. The number of ether oxygens (including phenoxy) is 1. The van der Waals surface area contributed by atoms with E-state index in [4.69, 9.17) is 4.74 Å². The lowest BCUT2D eigenvalue weighted by Gasteiger charge is -2.39. The molecule has 3 aliphatic rings. The number of piperidine rings is 1. The summed E-state index contributed by atoms with van der Waals surface area (Å²) in [6.45, 7) is 6.55. The van der Waals surface area contributed by atoms with Crippen LogP contribution in [0.25, 0.3) is 0 Å². The molecule has 0 aliphatic carbocycles. The lowest BCUT2D eigenvalue weighted by Crippen LogP contribution is -2.49. The second-order valence-corrected chi connectivity index (χ2v) is 8.20. The first-order chi connectivity index (χ1) is 13.7. The number of fused-ring (bicyclic) bond motifs is 3. The average molecular weight is 377 g/mol. The van der Waals surface area contributed by atoms with E-state index in [-0.39, 0.29) is 5.91 Å². The second kappa shape index (κ2) is 7.13. The molecule has 1 fully saturated rings. The van der Waals surface area contributed by atoms with E-state index in [9.17, 15) is 4.79 Å². The van der Waals surface area contributed by atoms with Gasteiger partial charge in [0.25, 0.3) is 0 Å². The lowest BCUT2D eigenvalue weighted by atomic mass is 9.89. The van der Waals surface area contributed by atoms with Crippen molar-refractivity contribution in [3.8, 4) is 5.75 Å². The van der Waals surface area contributed by atoms with E-state index in [0.717, 1.165) is 50.5 Å². The Hall–Kier alpha value is -2.53. The third-order valence-electron chi connectivity index (χ3n) is 6.31. The van der Waals surface area contributed by atoms with Gasteiger partial charge in [-0.05, 0) is 43.5 Å². The molecule has 0 saturated carbocycles. The maximum Gasteiger partial charge on any atom is 0.243 e. The van der Waals surface area contributed by atoms with Crippen LogP contribution in [0.1, 0.15) is 29.9 Å². The third kappa shape index (κ3) is 3.14. The number of aryl methyl sites for hydroxylation is 1. The molecule has 0 radical (unpaired) electrons. The molecule has 2 aromatic rings. The largest absolute Gasteiger partial charge is 0.494 e. The minimum absolute atomic E-state index is 0.112. The first-order valence-corrected chi connectivity index (χ1v) is 10.3. The Kier molecular flexibility index (Phi) is 4.47. The zero-order valence-corrected chi connectivity index (χ0v) is 16.4. The third-order valence-corrected chi connectivity index (χ3v) is 6.31. The lowest BCUT2D eigenvalue weighted by molar-refractivity contribution is -0.115. The van der Waals surface area contributed by atoms with Crippen molar-refractivity contribution in [2.45, 2.75) is 31.7 Å². The normalized spacial score (nSPS) is 23.2. The molecular weight excluding hydrogens is 350 g/mol. The fraction of sp³-hybridized carbons (Fsp3) is 0.435. The van der Waals surface area contributed by atoms with E-state index in [1.165, 1.54) is 16.8 Å². The van der Waals surface area contributed by atoms with Gasteiger partial charge in [-0.25, -0.2) is 0 Å². The first kappa shape index (κ1) is 17.6. The molecule has 0 bridgehead atoms. The summed E-state index contributed by atoms with van der Waals surface area (Å²) >= 11 is 0. The van der Waals surface area contributed by atoms with Crippen LogP contribution >= 0.6 is 0 Å². The predicted molar refractivity (Wildman–Crippen MR) is 111 cm³/mol. The predicted octanol–water partition coefficient (Wildman–Crippen LogP) is 3.39. The van der Waals surface area contributed by atoms with Crippen molar-refractivity contribution in [1.82, 2.24) is 4.90 Å². The SMILES string of the molecule is Cc1ccc(OCCCN2CC[C@H]3[C@@H](C2)c2cccc4c2N3CC(=O)N4)cc1. The summed E-state index contributed by atoms with van der Waals surface area (Å²) in [5.41, 5.74) is 4.91. The zero-order chi connectivity index (χ0) is 19.1. The fourth-order valence-electron chi connectivity index (χ4n) is 4.99. The molecule has 1 N–H and O–H groups in total. The van der Waals surface area contributed by atoms with E-state index in [0.29, 0.717) is 18.5 Å². The van der Waals surface area contributed by atoms with Crippen LogP contribution in [0.15, 0.2) is 42.5 Å². The number of likely N-dealkylation sites (tertiary alicyclic amines) is 1. The number of anilines is 2. The highest BCUT2D eigenvalue weighted by molar-refractivity contribution is 6.03. The average Bonchev–Trinajstić information content (AvgIpc) is 3.01. The maximum absolute atomic E-state index is 12.1. The molecule has 3 heterocycles. The molecule has 1 saturated heterocycles. The number of hydrogen-bond acceptors (Lipinski definition) is 4. The van der Waals surface area contributed by atoms with Crippen LogP contribution in [0, 0.1) is 6.92 Å². The monoisotopic (exact) mass is 377 g/mol. The number of amides is 1. The number of carbonyl (C=O) groups is 1. The van der Waals surface area contributed by atoms with Crippen molar-refractivity contribution in [2.75, 3.05) is 43.0 Å². The molecule has 3 aliphatic heterocycles. The van der Waals surface area contributed by atoms with Gasteiger partial charge in [-0.2, -0.15) is 0 Å². The smallest absolute Gasteiger partial charge is 0.243 e. The van der Waals surface area contributed by atoms with Gasteiger partial charge in [-0.3, -0.25) is 4.79 Å². The number of benzene rings is 2. The van der Waals surface area contributed by atoms with Gasteiger partial charge in [-0.1, -0.05) is 29.8 Å². The van der Waals surface area contributed by atoms with Crippen molar-refractivity contribution in [1.29, 1.82) is 0 Å². The number of carbonyl (C=O) groups excluding carboxylic acids is 1. The molecule has 2 aromatic carbocycles. The number of rotatable bonds is 5. The molecule has 5 heteroatoms. The molecule has 5 nitrogen and oxygen atoms in total. The van der Waals surface area contributed by atoms with E-state index < -0.39 is 0 Å². The molecule has 0 unspecified atom stereocenters. The van der Waals surface area contributed by atoms with Gasteiger partial charge in [0, 0.05) is 31.6 Å². The van der Waals surface area contributed by atoms with Crippen LogP contribution < -0.4 is 15.0 Å². The van der Waals surface area contributed by atoms with Crippen molar-refractivity contribution in [3.63, 3.8) is 0 Å². The minimum atomic E-state index is 0.112. The first-order valence-electron chi connectivity index (χ1n) is 10.3. The highest BCUT2D eigenvalue weighted by Crippen LogP contribution is 2.49. The van der Waals surface area contributed by atoms with Gasteiger partial charge in [-0.15, -0.1) is 0 Å². The standard InChI is InChI=1S/C23H27N3O2/c1-16-6-8-17(9-7-16)28-13-3-11-25-12-10-21-19(14-25)18-4-2-5-20-23(18)26(21)15-22(27)24-20/h2,4-9,19,21H,3,10-15H2,1H3,(H,24,27)/t19-,21-/m0/s1. The van der Waals surface area contributed by atoms with Crippen LogP contribution in [0.4, 0.5) is 11.4 Å². The summed E-state index contributed by atoms with van der Waals surface area (Å²) in [7, 11) is 0. The van der Waals surface area contributed by atoms with Crippen LogP contribution in [-0.2, 0) is 4.79 Å². The van der Waals surface area contributed by atoms with Gasteiger partial charge >= 0.3 is 0 Å². The topological polar surface area (TPSA) is 44.8 Å². The molecule has 28 heavy (non-hydrogen) atoms. The number of nitrogens with one attached hydrogen (secondary N) is 1. The van der Waals surface area contributed by atoms with E-state index >= 15 is 0 Å². The summed E-state index contributed by atoms with van der Waals surface area (Å²) in [5.74, 6) is 1.56. The fourth-order valence-corrected chi connectivity index (χ4v) is 4.99. The summed E-state index contributed by atoms with van der Waals surface area (Å²) in [6.07, 6.45) is 2.15. The Morgan fingerprint density at radius 3 is 2.89 bits per heavy atom. The number of hydrogen-bond donors (Lipinski definition) is 1. The van der Waals surface area contributed by atoms with E-state index in [1.54, 1.807) is 0 Å². The van der Waals surface area contributed by atoms with Gasteiger partial charge < -0.3 is 19.9 Å². The highest BCUT2D eigenvalue weighted by atomic mass is 16.5. The zero-order valence-electron chi connectivity index (χ0n) is 16.4. The van der Waals surface area contributed by atoms with E-state index in [2.05, 4.69) is 46.3 Å². The second-order valence-electron chi connectivity index (χ2n) is 8.20. The van der Waals surface area contributed by atoms with Crippen LogP contribution in [0.3, 0.4) is 0 Å². The van der Waals surface area contributed by atoms with Crippen LogP contribution in [0.5, 0.6) is 5.75 Å². The van der Waals surface area contributed by atoms with Gasteiger partial charge in [0.1, 0.15) is 5.75 Å². The highest BCUT2D eigenvalue weighted by Gasteiger charge is 2.44. The van der Waals surface area contributed by atoms with Gasteiger partial charge in [0.15, 0.2) is 0 Å². The van der Waals surface area contributed by atoms with Crippen LogP contribution in [0.2, 0.25) is 0 Å². The molecular formula is C23H27N3O2. The molecule has 0 spiro atoms. The van der Waals surface area contributed by atoms with Crippen molar-refractivity contribution >= 4 is 17.3 Å². The maximum atomic E-state index is 12.1. The number of para-hydroxylation sites is 1. The Balaban J connectivity index is 1.20. The molecule has 5 rings (SSSR count). The summed E-state index contributed by atoms with van der Waals surface area (Å²) in [4.78, 5) is 17.0. The summed E-state index contributed by atoms with van der Waals surface area (Å²) < 4.78 is 5.88. The van der Waals surface area contributed by atoms with E-state index in [1.807, 2.05) is 18.2 Å². The quantitative estimate of drug-likeness (QED) is 0.812. The van der Waals surface area contributed by atoms with Crippen molar-refractivity contribution in [3.05, 3.63) is 53.6 Å². The van der Waals surface area contributed by atoms with Gasteiger partial charge in [0.2, 0.25) is 5.91 Å². The molecule has 2 atom stereocenters. The van der Waals surface area contributed by atoms with Crippen molar-refractivity contribution in [2.24, 2.45) is 0 Å². The summed E-state index contributed by atoms with van der Waals surface area (Å²) in [6, 6.07) is 15.1. The molecule has 1 amide bonds. The summed E-state index contributed by atoms with van der Waals surface area (Å²) in [5, 5.41) is 3.04. The molecule has 0 aromatic heterocycles. The van der Waals surface area contributed by atoms with Gasteiger partial charge in [0.05, 0.1) is 24.5 Å². The number of nitrogens with zero attached hydrogens (tertiary/aromatic N) is 2. The Labute approximate surface area is 166 Å².